The third-order valence-electron chi connectivity index (χ3n) is 6.43. The maximum atomic E-state index is 12.8. The van der Waals surface area contributed by atoms with Gasteiger partial charge in [0.1, 0.15) is 23.8 Å². The number of nitrogens with zero attached hydrogens (tertiary/aromatic N) is 4. The summed E-state index contributed by atoms with van der Waals surface area (Å²) in [6.45, 7) is 5.89. The zero-order valence-electron chi connectivity index (χ0n) is 18.6. The smallest absolute Gasteiger partial charge is 0.259 e. The Kier molecular flexibility index (Phi) is 5.53. The van der Waals surface area contributed by atoms with E-state index in [1.807, 2.05) is 42.5 Å². The first kappa shape index (κ1) is 20.5. The summed E-state index contributed by atoms with van der Waals surface area (Å²) in [5.41, 5.74) is 4.60. The molecule has 0 N–H and O–H groups in total. The van der Waals surface area contributed by atoms with E-state index in [4.69, 9.17) is 9.72 Å². The number of ether oxygens (including phenoxy) is 1. The standard InChI is InChI=1S/C26H28N4O2/c1-3-29-14-12-21-22-9-10-24(27-26(22)28(2)23(21)13-15-29)30-16-11-20(17-25(30)31)32-18-19-7-5-4-6-8-19/h4-11,16-17H,3,12-15,18H2,1-2H3. The summed E-state index contributed by atoms with van der Waals surface area (Å²) >= 11 is 0. The SMILES string of the molecule is CCN1CCc2c(n(C)c3nc(-n4ccc(OCc5ccccc5)cc4=O)ccc23)CC1. The van der Waals surface area contributed by atoms with Gasteiger partial charge in [0.2, 0.25) is 0 Å². The molecule has 0 fully saturated rings. The molecule has 0 aliphatic carbocycles. The minimum Gasteiger partial charge on any atom is -0.489 e. The van der Waals surface area contributed by atoms with Crippen LogP contribution in [0.2, 0.25) is 0 Å². The van der Waals surface area contributed by atoms with Gasteiger partial charge in [-0.1, -0.05) is 37.3 Å². The van der Waals surface area contributed by atoms with Gasteiger partial charge < -0.3 is 14.2 Å². The number of fused-ring (bicyclic) bond motifs is 3. The second kappa shape index (κ2) is 8.63. The quantitative estimate of drug-likeness (QED) is 0.486. The minimum absolute atomic E-state index is 0.156. The van der Waals surface area contributed by atoms with Crippen LogP contribution in [0.4, 0.5) is 0 Å². The molecule has 0 spiro atoms. The Hall–Kier alpha value is -3.38. The second-order valence-electron chi connectivity index (χ2n) is 8.30. The van der Waals surface area contributed by atoms with Gasteiger partial charge in [-0.3, -0.25) is 9.36 Å². The molecule has 0 bridgehead atoms. The predicted molar refractivity (Wildman–Crippen MR) is 127 cm³/mol. The van der Waals surface area contributed by atoms with Crippen LogP contribution in [0, 0.1) is 0 Å². The van der Waals surface area contributed by atoms with Crippen molar-refractivity contribution in [1.82, 2.24) is 19.0 Å². The average Bonchev–Trinajstić information content (AvgIpc) is 2.96. The molecule has 0 saturated carbocycles. The predicted octanol–water partition coefficient (Wildman–Crippen LogP) is 3.72. The van der Waals surface area contributed by atoms with Crippen LogP contribution in [0.15, 0.2) is 65.6 Å². The summed E-state index contributed by atoms with van der Waals surface area (Å²) < 4.78 is 9.58. The van der Waals surface area contributed by atoms with Gasteiger partial charge in [0, 0.05) is 49.9 Å². The summed E-state index contributed by atoms with van der Waals surface area (Å²) in [5.74, 6) is 1.19. The van der Waals surface area contributed by atoms with Gasteiger partial charge in [0.15, 0.2) is 0 Å². The fourth-order valence-electron chi connectivity index (χ4n) is 4.59. The molecule has 0 radical (unpaired) electrons. The van der Waals surface area contributed by atoms with Crippen molar-refractivity contribution in [2.75, 3.05) is 19.6 Å². The molecule has 5 rings (SSSR count). The van der Waals surface area contributed by atoms with Crippen LogP contribution in [-0.2, 0) is 26.5 Å². The number of likely N-dealkylation sites (N-methyl/N-ethyl adjacent to an activating group) is 1. The van der Waals surface area contributed by atoms with E-state index in [-0.39, 0.29) is 5.56 Å². The molecule has 0 amide bonds. The van der Waals surface area contributed by atoms with E-state index in [9.17, 15) is 4.79 Å². The fourth-order valence-corrected chi connectivity index (χ4v) is 4.59. The van der Waals surface area contributed by atoms with Gasteiger partial charge in [-0.25, -0.2) is 4.98 Å². The summed E-state index contributed by atoms with van der Waals surface area (Å²) in [6, 6.07) is 17.3. The molecule has 1 aromatic carbocycles. The molecule has 6 heteroatoms. The van der Waals surface area contributed by atoms with Gasteiger partial charge >= 0.3 is 0 Å². The highest BCUT2D eigenvalue weighted by Gasteiger charge is 2.21. The van der Waals surface area contributed by atoms with Gasteiger partial charge in [0.25, 0.3) is 5.56 Å². The lowest BCUT2D eigenvalue weighted by molar-refractivity contribution is 0.302. The highest BCUT2D eigenvalue weighted by atomic mass is 16.5. The van der Waals surface area contributed by atoms with Crippen LogP contribution in [0.1, 0.15) is 23.7 Å². The Morgan fingerprint density at radius 2 is 1.84 bits per heavy atom. The monoisotopic (exact) mass is 428 g/mol. The van der Waals surface area contributed by atoms with Crippen molar-refractivity contribution < 1.29 is 4.74 Å². The number of aromatic nitrogens is 3. The van der Waals surface area contributed by atoms with E-state index in [2.05, 4.69) is 29.5 Å². The van der Waals surface area contributed by atoms with Crippen molar-refractivity contribution in [3.63, 3.8) is 0 Å². The lowest BCUT2D eigenvalue weighted by Crippen LogP contribution is -2.26. The summed E-state index contributed by atoms with van der Waals surface area (Å²) in [6.07, 6.45) is 3.80. The van der Waals surface area contributed by atoms with Crippen LogP contribution >= 0.6 is 0 Å². The maximum absolute atomic E-state index is 12.8. The first-order valence-corrected chi connectivity index (χ1v) is 11.2. The van der Waals surface area contributed by atoms with E-state index in [0.29, 0.717) is 18.2 Å². The van der Waals surface area contributed by atoms with Crippen molar-refractivity contribution >= 4 is 11.0 Å². The first-order chi connectivity index (χ1) is 15.6. The normalized spacial score (nSPS) is 14.3. The maximum Gasteiger partial charge on any atom is 0.259 e. The van der Waals surface area contributed by atoms with Crippen LogP contribution in [0.5, 0.6) is 5.75 Å². The molecule has 4 heterocycles. The lowest BCUT2D eigenvalue weighted by atomic mass is 10.1. The highest BCUT2D eigenvalue weighted by molar-refractivity contribution is 5.83. The second-order valence-corrected chi connectivity index (χ2v) is 8.30. The zero-order chi connectivity index (χ0) is 22.1. The third kappa shape index (κ3) is 3.82. The molecule has 1 aliphatic rings. The highest BCUT2D eigenvalue weighted by Crippen LogP contribution is 2.28. The summed E-state index contributed by atoms with van der Waals surface area (Å²) in [7, 11) is 2.09. The summed E-state index contributed by atoms with van der Waals surface area (Å²) in [4.78, 5) is 20.2. The van der Waals surface area contributed by atoms with Crippen molar-refractivity contribution in [3.05, 3.63) is 88.0 Å². The Labute approximate surface area is 187 Å². The van der Waals surface area contributed by atoms with Crippen molar-refractivity contribution in [3.8, 4) is 11.6 Å². The van der Waals surface area contributed by atoms with E-state index in [1.54, 1.807) is 10.8 Å². The Bertz CT molecular complexity index is 1310. The molecule has 0 atom stereocenters. The topological polar surface area (TPSA) is 52.3 Å². The van der Waals surface area contributed by atoms with Gasteiger partial charge in [-0.2, -0.15) is 0 Å². The van der Waals surface area contributed by atoms with Gasteiger partial charge in [0.05, 0.1) is 0 Å². The fraction of sp³-hybridized carbons (Fsp3) is 0.308. The molecule has 3 aromatic heterocycles. The van der Waals surface area contributed by atoms with Gasteiger partial charge in [-0.05, 0) is 42.3 Å². The van der Waals surface area contributed by atoms with Crippen molar-refractivity contribution in [2.45, 2.75) is 26.4 Å². The number of hydrogen-bond donors (Lipinski definition) is 0. The molecule has 0 unspecified atom stereocenters. The molecule has 4 aromatic rings. The van der Waals surface area contributed by atoms with E-state index in [0.717, 1.165) is 43.7 Å². The zero-order valence-corrected chi connectivity index (χ0v) is 18.6. The minimum atomic E-state index is -0.156. The van der Waals surface area contributed by atoms with Crippen LogP contribution in [-0.4, -0.2) is 38.7 Å². The van der Waals surface area contributed by atoms with Crippen molar-refractivity contribution in [1.29, 1.82) is 0 Å². The average molecular weight is 429 g/mol. The molecule has 0 saturated heterocycles. The number of hydrogen-bond acceptors (Lipinski definition) is 4. The first-order valence-electron chi connectivity index (χ1n) is 11.2. The van der Waals surface area contributed by atoms with E-state index >= 15 is 0 Å². The number of pyridine rings is 2. The van der Waals surface area contributed by atoms with Crippen molar-refractivity contribution in [2.24, 2.45) is 7.05 Å². The Balaban J connectivity index is 1.42. The largest absolute Gasteiger partial charge is 0.489 e. The molecule has 6 nitrogen and oxygen atoms in total. The Morgan fingerprint density at radius 3 is 2.62 bits per heavy atom. The molecular formula is C26H28N4O2. The molecule has 1 aliphatic heterocycles. The lowest BCUT2D eigenvalue weighted by Gasteiger charge is -2.16. The van der Waals surface area contributed by atoms with Crippen LogP contribution in [0.25, 0.3) is 16.9 Å². The molecular weight excluding hydrogens is 400 g/mol. The third-order valence-corrected chi connectivity index (χ3v) is 6.43. The number of aryl methyl sites for hydroxylation is 1. The Morgan fingerprint density at radius 1 is 1.03 bits per heavy atom. The number of rotatable bonds is 5. The molecule has 32 heavy (non-hydrogen) atoms. The molecule has 164 valence electrons. The summed E-state index contributed by atoms with van der Waals surface area (Å²) in [5, 5.41) is 1.19. The van der Waals surface area contributed by atoms with E-state index < -0.39 is 0 Å². The van der Waals surface area contributed by atoms with Crippen LogP contribution in [0.3, 0.4) is 0 Å². The van der Waals surface area contributed by atoms with Gasteiger partial charge in [-0.15, -0.1) is 0 Å². The van der Waals surface area contributed by atoms with E-state index in [1.165, 1.54) is 22.7 Å². The van der Waals surface area contributed by atoms with Crippen LogP contribution < -0.4 is 10.3 Å². The number of benzene rings is 1.